The molecule has 0 atom stereocenters. The molecule has 0 saturated carbocycles. The molecule has 20 heavy (non-hydrogen) atoms. The van der Waals surface area contributed by atoms with Crippen molar-refractivity contribution in [3.63, 3.8) is 0 Å². The van der Waals surface area contributed by atoms with Crippen LogP contribution in [0.25, 0.3) is 11.8 Å². The van der Waals surface area contributed by atoms with Gasteiger partial charge in [0.05, 0.1) is 16.8 Å². The summed E-state index contributed by atoms with van der Waals surface area (Å²) in [6.07, 6.45) is 2.95. The van der Waals surface area contributed by atoms with Crippen LogP contribution in [0.1, 0.15) is 32.0 Å². The highest BCUT2D eigenvalue weighted by molar-refractivity contribution is 6.05. The summed E-state index contributed by atoms with van der Waals surface area (Å²) >= 11 is 0. The second kappa shape index (κ2) is 4.62. The monoisotopic (exact) mass is 267 g/mol. The van der Waals surface area contributed by atoms with Crippen LogP contribution < -0.4 is 0 Å². The molecule has 0 saturated heterocycles. The average molecular weight is 267 g/mol. The van der Waals surface area contributed by atoms with Crippen LogP contribution in [0.2, 0.25) is 0 Å². The zero-order chi connectivity index (χ0) is 14.1. The molecule has 0 unspecified atom stereocenters. The molecule has 1 aliphatic rings. The zero-order valence-electron chi connectivity index (χ0n) is 10.2. The number of rotatable bonds is 2. The summed E-state index contributed by atoms with van der Waals surface area (Å²) in [5.41, 5.74) is 1.72. The maximum absolute atomic E-state index is 11.7. The molecule has 0 spiro atoms. The first kappa shape index (κ1) is 12.1. The molecule has 0 radical (unpaired) electrons. The van der Waals surface area contributed by atoms with Crippen LogP contribution in [0.4, 0.5) is 0 Å². The summed E-state index contributed by atoms with van der Waals surface area (Å²) in [6, 6.07) is 9.83. The predicted octanol–water partition coefficient (Wildman–Crippen LogP) is 2.45. The topological polar surface area (TPSA) is 76.5 Å². The third-order valence-corrected chi connectivity index (χ3v) is 2.92. The lowest BCUT2D eigenvalue weighted by molar-refractivity contribution is 0.0692. The number of aromatic carboxylic acids is 1. The number of aromatic nitrogens is 1. The van der Waals surface area contributed by atoms with E-state index in [1.807, 2.05) is 0 Å². The van der Waals surface area contributed by atoms with Crippen LogP contribution in [0.15, 0.2) is 42.6 Å². The number of fused-ring (bicyclic) bond motifs is 1. The highest BCUT2D eigenvalue weighted by Crippen LogP contribution is 2.30. The third-order valence-electron chi connectivity index (χ3n) is 2.92. The Hall–Kier alpha value is -2.95. The van der Waals surface area contributed by atoms with Gasteiger partial charge < -0.3 is 9.84 Å². The number of esters is 1. The fourth-order valence-electron chi connectivity index (χ4n) is 1.99. The van der Waals surface area contributed by atoms with Crippen molar-refractivity contribution in [3.8, 4) is 0 Å². The minimum Gasteiger partial charge on any atom is -0.478 e. The van der Waals surface area contributed by atoms with Gasteiger partial charge in [0.25, 0.3) is 0 Å². The van der Waals surface area contributed by atoms with E-state index in [-0.39, 0.29) is 5.56 Å². The van der Waals surface area contributed by atoms with Crippen LogP contribution in [0, 0.1) is 0 Å². The van der Waals surface area contributed by atoms with Crippen molar-refractivity contribution in [2.24, 2.45) is 0 Å². The van der Waals surface area contributed by atoms with Crippen LogP contribution in [0.3, 0.4) is 0 Å². The van der Waals surface area contributed by atoms with Gasteiger partial charge in [0.1, 0.15) is 5.76 Å². The standard InChI is InChI=1S/C15H9NO4/c17-14(18)9-5-6-16-10(7-9)8-13-11-3-1-2-4-12(11)15(19)20-13/h1-8H,(H,17,18). The lowest BCUT2D eigenvalue weighted by atomic mass is 10.1. The van der Waals surface area contributed by atoms with E-state index < -0.39 is 11.9 Å². The summed E-state index contributed by atoms with van der Waals surface area (Å²) in [6.45, 7) is 0. The van der Waals surface area contributed by atoms with E-state index >= 15 is 0 Å². The van der Waals surface area contributed by atoms with Gasteiger partial charge in [0.2, 0.25) is 0 Å². The predicted molar refractivity (Wildman–Crippen MR) is 70.9 cm³/mol. The van der Waals surface area contributed by atoms with E-state index in [9.17, 15) is 9.59 Å². The molecule has 0 aliphatic carbocycles. The average Bonchev–Trinajstić information content (AvgIpc) is 2.76. The number of hydrogen-bond acceptors (Lipinski definition) is 4. The molecule has 2 aromatic rings. The first-order valence-corrected chi connectivity index (χ1v) is 5.88. The van der Waals surface area contributed by atoms with Crippen molar-refractivity contribution in [1.82, 2.24) is 4.98 Å². The van der Waals surface area contributed by atoms with Crippen LogP contribution in [0.5, 0.6) is 0 Å². The molecular formula is C15H9NO4. The Kier molecular flexibility index (Phi) is 2.80. The van der Waals surface area contributed by atoms with Gasteiger partial charge in [-0.3, -0.25) is 4.98 Å². The first-order valence-electron chi connectivity index (χ1n) is 5.88. The van der Waals surface area contributed by atoms with Crippen molar-refractivity contribution in [2.45, 2.75) is 0 Å². The summed E-state index contributed by atoms with van der Waals surface area (Å²) in [7, 11) is 0. The Morgan fingerprint density at radius 3 is 2.70 bits per heavy atom. The van der Waals surface area contributed by atoms with Gasteiger partial charge in [-0.15, -0.1) is 0 Å². The number of carbonyl (C=O) groups is 2. The van der Waals surface area contributed by atoms with E-state index in [0.29, 0.717) is 22.6 Å². The molecule has 1 aromatic heterocycles. The number of carbonyl (C=O) groups excluding carboxylic acids is 1. The maximum atomic E-state index is 11.7. The maximum Gasteiger partial charge on any atom is 0.344 e. The van der Waals surface area contributed by atoms with Crippen molar-refractivity contribution >= 4 is 23.8 Å². The van der Waals surface area contributed by atoms with Crippen molar-refractivity contribution in [2.75, 3.05) is 0 Å². The fourth-order valence-corrected chi connectivity index (χ4v) is 1.99. The second-order valence-electron chi connectivity index (χ2n) is 4.22. The quantitative estimate of drug-likeness (QED) is 0.846. The van der Waals surface area contributed by atoms with Crippen molar-refractivity contribution in [3.05, 3.63) is 65.0 Å². The van der Waals surface area contributed by atoms with E-state index in [1.54, 1.807) is 30.3 Å². The number of cyclic esters (lactones) is 1. The number of hydrogen-bond donors (Lipinski definition) is 1. The first-order chi connectivity index (χ1) is 9.65. The summed E-state index contributed by atoms with van der Waals surface area (Å²) in [5, 5.41) is 8.94. The normalized spacial score (nSPS) is 15.0. The Morgan fingerprint density at radius 1 is 1.20 bits per heavy atom. The molecule has 5 heteroatoms. The van der Waals surface area contributed by atoms with Gasteiger partial charge in [-0.25, -0.2) is 9.59 Å². The second-order valence-corrected chi connectivity index (χ2v) is 4.22. The number of nitrogens with zero attached hydrogens (tertiary/aromatic N) is 1. The van der Waals surface area contributed by atoms with Crippen LogP contribution >= 0.6 is 0 Å². The molecular weight excluding hydrogens is 258 g/mol. The van der Waals surface area contributed by atoms with E-state index in [1.165, 1.54) is 18.3 Å². The van der Waals surface area contributed by atoms with E-state index in [4.69, 9.17) is 9.84 Å². The van der Waals surface area contributed by atoms with Gasteiger partial charge >= 0.3 is 11.9 Å². The van der Waals surface area contributed by atoms with E-state index in [0.717, 1.165) is 0 Å². The van der Waals surface area contributed by atoms with Gasteiger partial charge in [-0.2, -0.15) is 0 Å². The highest BCUT2D eigenvalue weighted by atomic mass is 16.5. The number of pyridine rings is 1. The lowest BCUT2D eigenvalue weighted by Crippen LogP contribution is -1.97. The minimum atomic E-state index is -1.03. The highest BCUT2D eigenvalue weighted by Gasteiger charge is 2.25. The Bertz CT molecular complexity index is 749. The summed E-state index contributed by atoms with van der Waals surface area (Å²) < 4.78 is 5.17. The molecule has 0 amide bonds. The molecule has 0 bridgehead atoms. The largest absolute Gasteiger partial charge is 0.478 e. The van der Waals surface area contributed by atoms with Crippen LogP contribution in [-0.4, -0.2) is 22.0 Å². The number of benzene rings is 1. The Balaban J connectivity index is 2.04. The molecule has 1 aliphatic heterocycles. The van der Waals surface area contributed by atoms with E-state index in [2.05, 4.69) is 4.98 Å². The molecule has 1 aromatic carbocycles. The molecule has 98 valence electrons. The minimum absolute atomic E-state index is 0.129. The summed E-state index contributed by atoms with van der Waals surface area (Å²) in [5.74, 6) is -1.07. The molecule has 0 fully saturated rings. The zero-order valence-corrected chi connectivity index (χ0v) is 10.2. The number of carboxylic acids is 1. The van der Waals surface area contributed by atoms with Gasteiger partial charge in [-0.1, -0.05) is 18.2 Å². The third kappa shape index (κ3) is 2.05. The van der Waals surface area contributed by atoms with Crippen molar-refractivity contribution in [1.29, 1.82) is 0 Å². The summed E-state index contributed by atoms with van der Waals surface area (Å²) in [4.78, 5) is 26.6. The molecule has 2 heterocycles. The Labute approximate surface area is 114 Å². The van der Waals surface area contributed by atoms with Crippen LogP contribution in [-0.2, 0) is 4.74 Å². The lowest BCUT2D eigenvalue weighted by Gasteiger charge is -1.99. The SMILES string of the molecule is O=C(O)c1ccnc(C=C2OC(=O)c3ccccc32)c1. The number of ether oxygens (including phenoxy) is 1. The number of carboxylic acid groups (broad SMARTS) is 1. The van der Waals surface area contributed by atoms with Gasteiger partial charge in [0.15, 0.2) is 0 Å². The fraction of sp³-hybridized carbons (Fsp3) is 0. The molecule has 1 N–H and O–H groups in total. The van der Waals surface area contributed by atoms with Crippen molar-refractivity contribution < 1.29 is 19.4 Å². The molecule has 5 nitrogen and oxygen atoms in total. The smallest absolute Gasteiger partial charge is 0.344 e. The van der Waals surface area contributed by atoms with Gasteiger partial charge in [-0.05, 0) is 18.2 Å². The Morgan fingerprint density at radius 2 is 1.95 bits per heavy atom. The molecule has 3 rings (SSSR count). The van der Waals surface area contributed by atoms with Gasteiger partial charge in [0, 0.05) is 17.8 Å².